The van der Waals surface area contributed by atoms with Crippen molar-refractivity contribution in [1.82, 2.24) is 19.9 Å². The second-order valence-corrected chi connectivity index (χ2v) is 13.0. The van der Waals surface area contributed by atoms with Gasteiger partial charge in [-0.25, -0.2) is 15.0 Å². The molecule has 0 aliphatic heterocycles. The van der Waals surface area contributed by atoms with E-state index in [1.54, 1.807) is 6.20 Å². The number of aromatic nitrogens is 4. The zero-order chi connectivity index (χ0) is 34.2. The fourth-order valence-electron chi connectivity index (χ4n) is 7.60. The molecule has 0 atom stereocenters. The molecule has 4 aromatic heterocycles. The van der Waals surface area contributed by atoms with E-state index in [0.29, 0.717) is 17.5 Å². The number of nitrogens with zero attached hydrogens (tertiary/aromatic N) is 4. The number of hydrogen-bond acceptors (Lipinski definition) is 6. The molecule has 11 aromatic rings. The SMILES string of the molecule is c1ccc2cc(-c3nc(-c4ccc5c(-c6cccc7oc8ccncc8c67)cccc5c4)nc(-c4cccc5oc6ccccc6c45)n3)ccc2c1. The topological polar surface area (TPSA) is 77.8 Å². The van der Waals surface area contributed by atoms with Crippen molar-refractivity contribution in [3.05, 3.63) is 158 Å². The number of furan rings is 2. The van der Waals surface area contributed by atoms with E-state index in [1.807, 2.05) is 54.7 Å². The van der Waals surface area contributed by atoms with Crippen molar-refractivity contribution in [1.29, 1.82) is 0 Å². The molecule has 4 heterocycles. The second-order valence-electron chi connectivity index (χ2n) is 13.0. The number of rotatable bonds is 4. The molecule has 6 heteroatoms. The first-order valence-corrected chi connectivity index (χ1v) is 17.2. The highest BCUT2D eigenvalue weighted by Gasteiger charge is 2.19. The van der Waals surface area contributed by atoms with Gasteiger partial charge in [-0.15, -0.1) is 0 Å². The molecule has 7 aromatic carbocycles. The van der Waals surface area contributed by atoms with Gasteiger partial charge in [-0.1, -0.05) is 109 Å². The summed E-state index contributed by atoms with van der Waals surface area (Å²) in [5.74, 6) is 1.79. The molecule has 0 amide bonds. The first kappa shape index (κ1) is 28.6. The Morgan fingerprint density at radius 3 is 1.81 bits per heavy atom. The van der Waals surface area contributed by atoms with Crippen LogP contribution in [0.15, 0.2) is 167 Å². The van der Waals surface area contributed by atoms with Crippen LogP contribution in [0.1, 0.15) is 0 Å². The standard InChI is InChI=1S/C46H26N4O2/c1-2-9-28-24-30(19-18-27(28)8-1)44-48-45(50-46(49-44)36-14-7-17-41-43(36)35-11-3-4-15-38(35)51-41)31-20-21-32-29(25-31)10-5-12-33(32)34-13-6-16-40-42(34)37-26-47-23-22-39(37)52-40/h1-26H. The molecule has 52 heavy (non-hydrogen) atoms. The number of para-hydroxylation sites is 1. The van der Waals surface area contributed by atoms with Crippen molar-refractivity contribution in [3.63, 3.8) is 0 Å². The fraction of sp³-hybridized carbons (Fsp3) is 0. The summed E-state index contributed by atoms with van der Waals surface area (Å²) >= 11 is 0. The second kappa shape index (κ2) is 11.2. The first-order chi connectivity index (χ1) is 25.7. The minimum Gasteiger partial charge on any atom is -0.456 e. The van der Waals surface area contributed by atoms with Gasteiger partial charge >= 0.3 is 0 Å². The fourth-order valence-corrected chi connectivity index (χ4v) is 7.60. The van der Waals surface area contributed by atoms with E-state index in [-0.39, 0.29) is 0 Å². The van der Waals surface area contributed by atoms with Crippen LogP contribution in [0.3, 0.4) is 0 Å². The smallest absolute Gasteiger partial charge is 0.164 e. The zero-order valence-corrected chi connectivity index (χ0v) is 27.6. The Kier molecular flexibility index (Phi) is 6.15. The molecule has 0 N–H and O–H groups in total. The summed E-state index contributed by atoms with van der Waals surface area (Å²) in [5, 5.41) is 8.56. The number of fused-ring (bicyclic) bond motifs is 8. The van der Waals surface area contributed by atoms with Crippen LogP contribution in [-0.2, 0) is 0 Å². The average molecular weight is 667 g/mol. The van der Waals surface area contributed by atoms with Gasteiger partial charge in [-0.2, -0.15) is 0 Å². The molecule has 0 fully saturated rings. The van der Waals surface area contributed by atoms with Crippen molar-refractivity contribution in [3.8, 4) is 45.3 Å². The minimum absolute atomic E-state index is 0.589. The zero-order valence-electron chi connectivity index (χ0n) is 27.6. The average Bonchev–Trinajstić information content (AvgIpc) is 3.79. The van der Waals surface area contributed by atoms with Gasteiger partial charge in [-0.05, 0) is 69.1 Å². The van der Waals surface area contributed by atoms with Gasteiger partial charge < -0.3 is 8.83 Å². The maximum absolute atomic E-state index is 6.25. The molecule has 0 radical (unpaired) electrons. The van der Waals surface area contributed by atoms with Crippen molar-refractivity contribution in [2.45, 2.75) is 0 Å². The van der Waals surface area contributed by atoms with E-state index >= 15 is 0 Å². The molecule has 0 aliphatic carbocycles. The number of hydrogen-bond donors (Lipinski definition) is 0. The van der Waals surface area contributed by atoms with E-state index < -0.39 is 0 Å². The van der Waals surface area contributed by atoms with Crippen LogP contribution in [0.4, 0.5) is 0 Å². The van der Waals surface area contributed by atoms with Gasteiger partial charge in [0.25, 0.3) is 0 Å². The van der Waals surface area contributed by atoms with E-state index in [9.17, 15) is 0 Å². The van der Waals surface area contributed by atoms with Crippen LogP contribution in [-0.4, -0.2) is 19.9 Å². The summed E-state index contributed by atoms with van der Waals surface area (Å²) in [5.41, 5.74) is 8.22. The lowest BCUT2D eigenvalue weighted by Crippen LogP contribution is -2.00. The highest BCUT2D eigenvalue weighted by atomic mass is 16.3. The third-order valence-electron chi connectivity index (χ3n) is 10.0. The molecule has 242 valence electrons. The first-order valence-electron chi connectivity index (χ1n) is 17.2. The quantitative estimate of drug-likeness (QED) is 0.186. The molecule has 0 saturated carbocycles. The van der Waals surface area contributed by atoms with Gasteiger partial charge in [0.2, 0.25) is 0 Å². The Morgan fingerprint density at radius 1 is 0.365 bits per heavy atom. The third kappa shape index (κ3) is 4.44. The van der Waals surface area contributed by atoms with Crippen molar-refractivity contribution in [2.24, 2.45) is 0 Å². The minimum atomic E-state index is 0.589. The highest BCUT2D eigenvalue weighted by molar-refractivity contribution is 6.15. The Morgan fingerprint density at radius 2 is 0.962 bits per heavy atom. The Labute approximate surface area is 296 Å². The lowest BCUT2D eigenvalue weighted by Gasteiger charge is -2.12. The van der Waals surface area contributed by atoms with Gasteiger partial charge in [0.15, 0.2) is 17.5 Å². The predicted octanol–water partition coefficient (Wildman–Crippen LogP) is 12.0. The summed E-state index contributed by atoms with van der Waals surface area (Å²) in [6.45, 7) is 0. The summed E-state index contributed by atoms with van der Waals surface area (Å²) in [7, 11) is 0. The molecule has 0 aliphatic rings. The third-order valence-corrected chi connectivity index (χ3v) is 10.0. The Balaban J connectivity index is 1.12. The lowest BCUT2D eigenvalue weighted by molar-refractivity contribution is 0.668. The molecule has 0 saturated heterocycles. The largest absolute Gasteiger partial charge is 0.456 e. The molecular formula is C46H26N4O2. The summed E-state index contributed by atoms with van der Waals surface area (Å²) < 4.78 is 12.5. The Hall–Kier alpha value is -7.18. The van der Waals surface area contributed by atoms with Crippen LogP contribution >= 0.6 is 0 Å². The summed E-state index contributed by atoms with van der Waals surface area (Å²) in [4.78, 5) is 19.8. The normalized spacial score (nSPS) is 11.8. The molecule has 11 rings (SSSR count). The highest BCUT2D eigenvalue weighted by Crippen LogP contribution is 2.40. The van der Waals surface area contributed by atoms with Gasteiger partial charge in [0.1, 0.15) is 22.3 Å². The van der Waals surface area contributed by atoms with Gasteiger partial charge in [0, 0.05) is 50.6 Å². The molecule has 0 spiro atoms. The van der Waals surface area contributed by atoms with E-state index in [2.05, 4.69) is 102 Å². The van der Waals surface area contributed by atoms with Crippen molar-refractivity contribution in [2.75, 3.05) is 0 Å². The number of benzene rings is 7. The summed E-state index contributed by atoms with van der Waals surface area (Å²) in [6, 6.07) is 49.8. The molecule has 0 unspecified atom stereocenters. The van der Waals surface area contributed by atoms with E-state index in [1.165, 1.54) is 0 Å². The lowest BCUT2D eigenvalue weighted by atomic mass is 9.94. The van der Waals surface area contributed by atoms with E-state index in [0.717, 1.165) is 93.2 Å². The maximum Gasteiger partial charge on any atom is 0.164 e. The van der Waals surface area contributed by atoms with Crippen molar-refractivity contribution >= 4 is 65.4 Å². The van der Waals surface area contributed by atoms with E-state index in [4.69, 9.17) is 23.8 Å². The van der Waals surface area contributed by atoms with Crippen LogP contribution in [0.2, 0.25) is 0 Å². The van der Waals surface area contributed by atoms with Crippen molar-refractivity contribution < 1.29 is 8.83 Å². The monoisotopic (exact) mass is 666 g/mol. The summed E-state index contributed by atoms with van der Waals surface area (Å²) in [6.07, 6.45) is 3.64. The Bertz CT molecular complexity index is 3210. The molecule has 6 nitrogen and oxygen atoms in total. The van der Waals surface area contributed by atoms with Crippen LogP contribution in [0, 0.1) is 0 Å². The van der Waals surface area contributed by atoms with Gasteiger partial charge in [0.05, 0.1) is 0 Å². The van der Waals surface area contributed by atoms with Crippen LogP contribution in [0.25, 0.3) is 111 Å². The van der Waals surface area contributed by atoms with Gasteiger partial charge in [-0.3, -0.25) is 4.98 Å². The molecule has 0 bridgehead atoms. The maximum atomic E-state index is 6.25. The van der Waals surface area contributed by atoms with Crippen LogP contribution in [0.5, 0.6) is 0 Å². The van der Waals surface area contributed by atoms with Crippen LogP contribution < -0.4 is 0 Å². The molecular weight excluding hydrogens is 641 g/mol. The predicted molar refractivity (Wildman–Crippen MR) is 209 cm³/mol. The number of pyridine rings is 1.